The van der Waals surface area contributed by atoms with Crippen molar-refractivity contribution < 1.29 is 14.6 Å². The van der Waals surface area contributed by atoms with Crippen molar-refractivity contribution in [3.8, 4) is 5.75 Å². The van der Waals surface area contributed by atoms with Crippen LogP contribution >= 0.6 is 0 Å². The zero-order valence-corrected chi connectivity index (χ0v) is 17.2. The standard InChI is InChI=1S/C22H35NO3/c1-20(2,3)17-14-16(8-10-18(17)24)9-11-19(25)26-15-22(6)13-7-12-21(4,5)23-22/h8,10,14,23-24H,7,9,11-13,15H2,1-6H3. The van der Waals surface area contributed by atoms with Crippen LogP contribution in [0.25, 0.3) is 0 Å². The fraction of sp³-hybridized carbons (Fsp3) is 0.682. The van der Waals surface area contributed by atoms with Gasteiger partial charge in [0.2, 0.25) is 0 Å². The molecule has 26 heavy (non-hydrogen) atoms. The molecule has 4 nitrogen and oxygen atoms in total. The Morgan fingerprint density at radius 3 is 2.54 bits per heavy atom. The molecular formula is C22H35NO3. The zero-order chi connectivity index (χ0) is 19.6. The molecule has 2 rings (SSSR count). The van der Waals surface area contributed by atoms with Crippen LogP contribution in [0.1, 0.15) is 78.4 Å². The second-order valence-electron chi connectivity index (χ2n) is 9.69. The number of hydrogen-bond acceptors (Lipinski definition) is 4. The molecule has 0 bridgehead atoms. The summed E-state index contributed by atoms with van der Waals surface area (Å²) in [6.07, 6.45) is 4.30. The summed E-state index contributed by atoms with van der Waals surface area (Å²) in [5.41, 5.74) is 1.77. The molecule has 1 aromatic carbocycles. The number of ether oxygens (including phenoxy) is 1. The largest absolute Gasteiger partial charge is 0.508 e. The Hall–Kier alpha value is -1.55. The van der Waals surface area contributed by atoms with Crippen LogP contribution in [0.3, 0.4) is 0 Å². The number of piperidine rings is 1. The molecule has 2 N–H and O–H groups in total. The van der Waals surface area contributed by atoms with Crippen molar-refractivity contribution in [2.24, 2.45) is 0 Å². The van der Waals surface area contributed by atoms with Gasteiger partial charge in [-0.15, -0.1) is 0 Å². The lowest BCUT2D eigenvalue weighted by molar-refractivity contribution is -0.146. The monoisotopic (exact) mass is 361 g/mol. The third-order valence-electron chi connectivity index (χ3n) is 5.21. The average molecular weight is 362 g/mol. The van der Waals surface area contributed by atoms with E-state index >= 15 is 0 Å². The Kier molecular flexibility index (Phi) is 6.06. The lowest BCUT2D eigenvalue weighted by atomic mass is 9.82. The predicted octanol–water partition coefficient (Wildman–Crippen LogP) is 4.48. The van der Waals surface area contributed by atoms with Gasteiger partial charge in [0.1, 0.15) is 12.4 Å². The molecule has 0 saturated carbocycles. The summed E-state index contributed by atoms with van der Waals surface area (Å²) in [5.74, 6) is 0.143. The van der Waals surface area contributed by atoms with E-state index in [1.807, 2.05) is 12.1 Å². The first-order chi connectivity index (χ1) is 11.9. The first-order valence-corrected chi connectivity index (χ1v) is 9.68. The molecule has 0 aromatic heterocycles. The van der Waals surface area contributed by atoms with Gasteiger partial charge < -0.3 is 15.2 Å². The third kappa shape index (κ3) is 5.73. The molecule has 1 aliphatic rings. The van der Waals surface area contributed by atoms with E-state index in [0.29, 0.717) is 25.2 Å². The maximum absolute atomic E-state index is 12.2. The summed E-state index contributed by atoms with van der Waals surface area (Å²) in [6.45, 7) is 13.2. The van der Waals surface area contributed by atoms with Crippen LogP contribution in [0.2, 0.25) is 0 Å². The average Bonchev–Trinajstić information content (AvgIpc) is 2.50. The molecule has 1 heterocycles. The summed E-state index contributed by atoms with van der Waals surface area (Å²) < 4.78 is 5.57. The highest BCUT2D eigenvalue weighted by Gasteiger charge is 2.36. The first kappa shape index (κ1) is 20.8. The van der Waals surface area contributed by atoms with E-state index in [9.17, 15) is 9.90 Å². The summed E-state index contributed by atoms with van der Waals surface area (Å²) in [7, 11) is 0. The van der Waals surface area contributed by atoms with Crippen molar-refractivity contribution in [1.82, 2.24) is 5.32 Å². The van der Waals surface area contributed by atoms with E-state index in [2.05, 4.69) is 46.9 Å². The Morgan fingerprint density at radius 2 is 1.92 bits per heavy atom. The number of carbonyl (C=O) groups is 1. The predicted molar refractivity (Wildman–Crippen MR) is 106 cm³/mol. The number of nitrogens with one attached hydrogen (secondary N) is 1. The molecule has 1 atom stereocenters. The van der Waals surface area contributed by atoms with Gasteiger partial charge in [0.05, 0.1) is 5.54 Å². The van der Waals surface area contributed by atoms with Gasteiger partial charge >= 0.3 is 5.97 Å². The first-order valence-electron chi connectivity index (χ1n) is 9.68. The van der Waals surface area contributed by atoms with Gasteiger partial charge in [-0.1, -0.05) is 32.9 Å². The van der Waals surface area contributed by atoms with Crippen molar-refractivity contribution in [2.75, 3.05) is 6.61 Å². The minimum atomic E-state index is -0.165. The minimum absolute atomic E-state index is 0.0921. The SMILES string of the molecule is CC1(C)CCCC(C)(COC(=O)CCc2ccc(O)c(C(C)(C)C)c2)N1. The van der Waals surface area contributed by atoms with E-state index in [-0.39, 0.29) is 22.5 Å². The Bertz CT molecular complexity index is 645. The number of benzene rings is 1. The highest BCUT2D eigenvalue weighted by Crippen LogP contribution is 2.32. The zero-order valence-electron chi connectivity index (χ0n) is 17.2. The Morgan fingerprint density at radius 1 is 1.23 bits per heavy atom. The topological polar surface area (TPSA) is 58.6 Å². The Balaban J connectivity index is 1.88. The number of phenolic OH excluding ortho intramolecular Hbond substituents is 1. The molecule has 1 saturated heterocycles. The number of aryl methyl sites for hydroxylation is 1. The number of hydrogen-bond donors (Lipinski definition) is 2. The molecule has 1 aromatic rings. The molecule has 0 radical (unpaired) electrons. The van der Waals surface area contributed by atoms with Crippen LogP contribution in [0.4, 0.5) is 0 Å². The number of aromatic hydroxyl groups is 1. The lowest BCUT2D eigenvalue weighted by Gasteiger charge is -2.44. The van der Waals surface area contributed by atoms with Crippen LogP contribution in [0, 0.1) is 0 Å². The number of carbonyl (C=O) groups excluding carboxylic acids is 1. The third-order valence-corrected chi connectivity index (χ3v) is 5.21. The summed E-state index contributed by atoms with van der Waals surface area (Å²) in [5, 5.41) is 13.7. The van der Waals surface area contributed by atoms with Crippen LogP contribution in [0.5, 0.6) is 5.75 Å². The van der Waals surface area contributed by atoms with E-state index < -0.39 is 0 Å². The van der Waals surface area contributed by atoms with E-state index in [4.69, 9.17) is 4.74 Å². The highest BCUT2D eigenvalue weighted by molar-refractivity contribution is 5.69. The second kappa shape index (κ2) is 7.59. The quantitative estimate of drug-likeness (QED) is 0.759. The van der Waals surface area contributed by atoms with Crippen molar-refractivity contribution in [1.29, 1.82) is 0 Å². The van der Waals surface area contributed by atoms with Crippen molar-refractivity contribution in [2.45, 2.75) is 90.1 Å². The molecular weight excluding hydrogens is 326 g/mol. The number of esters is 1. The van der Waals surface area contributed by atoms with Gasteiger partial charge in [-0.05, 0) is 69.1 Å². The molecule has 1 aliphatic heterocycles. The molecule has 1 fully saturated rings. The summed E-state index contributed by atoms with van der Waals surface area (Å²) in [4.78, 5) is 12.2. The maximum atomic E-state index is 12.2. The van der Waals surface area contributed by atoms with Gasteiger partial charge in [-0.3, -0.25) is 4.79 Å². The molecule has 4 heteroatoms. The molecule has 0 aliphatic carbocycles. The van der Waals surface area contributed by atoms with Crippen molar-refractivity contribution in [3.63, 3.8) is 0 Å². The second-order valence-corrected chi connectivity index (χ2v) is 9.69. The van der Waals surface area contributed by atoms with E-state index in [1.54, 1.807) is 6.07 Å². The molecule has 146 valence electrons. The van der Waals surface area contributed by atoms with Crippen LogP contribution < -0.4 is 5.32 Å². The smallest absolute Gasteiger partial charge is 0.306 e. The van der Waals surface area contributed by atoms with E-state index in [1.165, 1.54) is 0 Å². The Labute approximate surface area is 158 Å². The molecule has 0 amide bonds. The summed E-state index contributed by atoms with van der Waals surface area (Å²) in [6, 6.07) is 5.59. The fourth-order valence-corrected chi connectivity index (χ4v) is 3.87. The van der Waals surface area contributed by atoms with Crippen LogP contribution in [-0.4, -0.2) is 28.8 Å². The number of rotatable bonds is 5. The maximum Gasteiger partial charge on any atom is 0.306 e. The number of phenols is 1. The summed E-state index contributed by atoms with van der Waals surface area (Å²) >= 11 is 0. The van der Waals surface area contributed by atoms with Gasteiger partial charge in [-0.2, -0.15) is 0 Å². The lowest BCUT2D eigenvalue weighted by Crippen LogP contribution is -2.59. The van der Waals surface area contributed by atoms with Gasteiger partial charge in [-0.25, -0.2) is 0 Å². The molecule has 1 unspecified atom stereocenters. The minimum Gasteiger partial charge on any atom is -0.508 e. The normalized spacial score (nSPS) is 22.8. The van der Waals surface area contributed by atoms with Crippen molar-refractivity contribution in [3.05, 3.63) is 29.3 Å². The van der Waals surface area contributed by atoms with Gasteiger partial charge in [0, 0.05) is 12.0 Å². The highest BCUT2D eigenvalue weighted by atomic mass is 16.5. The fourth-order valence-electron chi connectivity index (χ4n) is 3.87. The van der Waals surface area contributed by atoms with Crippen LogP contribution in [-0.2, 0) is 21.4 Å². The molecule has 0 spiro atoms. The van der Waals surface area contributed by atoms with Gasteiger partial charge in [0.15, 0.2) is 0 Å². The van der Waals surface area contributed by atoms with Crippen LogP contribution in [0.15, 0.2) is 18.2 Å². The van der Waals surface area contributed by atoms with Crippen molar-refractivity contribution >= 4 is 5.97 Å². The van der Waals surface area contributed by atoms with E-state index in [0.717, 1.165) is 30.4 Å². The van der Waals surface area contributed by atoms with Gasteiger partial charge in [0.25, 0.3) is 0 Å².